The lowest BCUT2D eigenvalue weighted by Gasteiger charge is -2.22. The van der Waals surface area contributed by atoms with Crippen molar-refractivity contribution in [2.45, 2.75) is 45.1 Å². The minimum absolute atomic E-state index is 0.0637. The summed E-state index contributed by atoms with van der Waals surface area (Å²) >= 11 is 0. The lowest BCUT2D eigenvalue weighted by Crippen LogP contribution is -2.36. The molecule has 2 aromatic carbocycles. The fourth-order valence-corrected chi connectivity index (χ4v) is 3.33. The van der Waals surface area contributed by atoms with Gasteiger partial charge in [-0.15, -0.1) is 0 Å². The van der Waals surface area contributed by atoms with Gasteiger partial charge in [-0.05, 0) is 56.2 Å². The molecule has 3 amide bonds. The third-order valence-corrected chi connectivity index (χ3v) is 4.87. The Morgan fingerprint density at radius 3 is 2.18 bits per heavy atom. The average molecular weight is 379 g/mol. The van der Waals surface area contributed by atoms with Gasteiger partial charge in [0.2, 0.25) is 0 Å². The second-order valence-corrected chi connectivity index (χ2v) is 7.10. The fourth-order valence-electron chi connectivity index (χ4n) is 3.33. The highest BCUT2D eigenvalue weighted by atomic mass is 16.2. The van der Waals surface area contributed by atoms with E-state index in [1.54, 1.807) is 48.5 Å². The number of carbonyl (C=O) groups excluding carboxylic acids is 3. The third-order valence-electron chi connectivity index (χ3n) is 4.87. The van der Waals surface area contributed by atoms with Crippen LogP contribution in [0.15, 0.2) is 48.5 Å². The van der Waals surface area contributed by atoms with Crippen LogP contribution in [-0.2, 0) is 0 Å². The Labute approximate surface area is 164 Å². The van der Waals surface area contributed by atoms with Crippen molar-refractivity contribution in [1.82, 2.24) is 5.32 Å². The summed E-state index contributed by atoms with van der Waals surface area (Å²) < 4.78 is 0. The topological polar surface area (TPSA) is 87.3 Å². The summed E-state index contributed by atoms with van der Waals surface area (Å²) in [7, 11) is 0. The molecule has 1 aliphatic rings. The molecule has 0 saturated heterocycles. The van der Waals surface area contributed by atoms with E-state index >= 15 is 0 Å². The maximum absolute atomic E-state index is 12.3. The van der Waals surface area contributed by atoms with Gasteiger partial charge >= 0.3 is 6.03 Å². The van der Waals surface area contributed by atoms with Gasteiger partial charge in [-0.1, -0.05) is 31.4 Å². The SMILES string of the molecule is CC(=O)c1cccc(NC(=O)Nc2ccc(C(=O)NC3CCCCC3)cc2)c1. The van der Waals surface area contributed by atoms with Crippen LogP contribution in [0.1, 0.15) is 59.7 Å². The zero-order valence-electron chi connectivity index (χ0n) is 16.0. The van der Waals surface area contributed by atoms with E-state index in [0.29, 0.717) is 22.5 Å². The molecule has 6 heteroatoms. The predicted octanol–water partition coefficient (Wildman–Crippen LogP) is 4.60. The zero-order valence-corrected chi connectivity index (χ0v) is 16.0. The Kier molecular flexibility index (Phi) is 6.42. The number of nitrogens with one attached hydrogen (secondary N) is 3. The second-order valence-electron chi connectivity index (χ2n) is 7.10. The number of carbonyl (C=O) groups is 3. The van der Waals surface area contributed by atoms with Gasteiger partial charge in [0.15, 0.2) is 5.78 Å². The highest BCUT2D eigenvalue weighted by molar-refractivity contribution is 6.02. The van der Waals surface area contributed by atoms with Gasteiger partial charge in [-0.3, -0.25) is 9.59 Å². The van der Waals surface area contributed by atoms with Gasteiger partial charge in [0.25, 0.3) is 5.91 Å². The van der Waals surface area contributed by atoms with Crippen LogP contribution in [0, 0.1) is 0 Å². The second kappa shape index (κ2) is 9.17. The monoisotopic (exact) mass is 379 g/mol. The van der Waals surface area contributed by atoms with Crippen molar-refractivity contribution in [3.63, 3.8) is 0 Å². The molecule has 0 unspecified atom stereocenters. The molecular formula is C22H25N3O3. The van der Waals surface area contributed by atoms with Crippen molar-refractivity contribution in [3.05, 3.63) is 59.7 Å². The Bertz CT molecular complexity index is 856. The van der Waals surface area contributed by atoms with Gasteiger partial charge < -0.3 is 16.0 Å². The van der Waals surface area contributed by atoms with Gasteiger partial charge in [-0.2, -0.15) is 0 Å². The Balaban J connectivity index is 1.54. The first-order valence-electron chi connectivity index (χ1n) is 9.61. The van der Waals surface area contributed by atoms with Crippen LogP contribution in [-0.4, -0.2) is 23.8 Å². The quantitative estimate of drug-likeness (QED) is 0.664. The first-order chi connectivity index (χ1) is 13.5. The molecule has 28 heavy (non-hydrogen) atoms. The van der Waals surface area contributed by atoms with Crippen LogP contribution in [0.25, 0.3) is 0 Å². The molecule has 3 rings (SSSR count). The smallest absolute Gasteiger partial charge is 0.323 e. The summed E-state index contributed by atoms with van der Waals surface area (Å²) in [6.07, 6.45) is 5.65. The highest BCUT2D eigenvalue weighted by Gasteiger charge is 2.16. The van der Waals surface area contributed by atoms with Gasteiger partial charge in [0.05, 0.1) is 0 Å². The van der Waals surface area contributed by atoms with Crippen molar-refractivity contribution in [2.75, 3.05) is 10.6 Å². The Morgan fingerprint density at radius 2 is 1.50 bits per heavy atom. The summed E-state index contributed by atoms with van der Waals surface area (Å²) in [6.45, 7) is 1.48. The molecule has 146 valence electrons. The van der Waals surface area contributed by atoms with Crippen LogP contribution in [0.5, 0.6) is 0 Å². The van der Waals surface area contributed by atoms with E-state index in [-0.39, 0.29) is 17.7 Å². The molecule has 1 fully saturated rings. The normalized spacial score (nSPS) is 14.2. The molecular weight excluding hydrogens is 354 g/mol. The lowest BCUT2D eigenvalue weighted by molar-refractivity contribution is 0.0927. The summed E-state index contributed by atoms with van der Waals surface area (Å²) in [4.78, 5) is 35.9. The number of amides is 3. The van der Waals surface area contributed by atoms with Crippen molar-refractivity contribution in [1.29, 1.82) is 0 Å². The summed E-state index contributed by atoms with van der Waals surface area (Å²) in [6, 6.07) is 13.4. The molecule has 3 N–H and O–H groups in total. The van der Waals surface area contributed by atoms with Gasteiger partial charge in [-0.25, -0.2) is 4.79 Å². The minimum atomic E-state index is -0.417. The first-order valence-corrected chi connectivity index (χ1v) is 9.61. The first kappa shape index (κ1) is 19.6. The van der Waals surface area contributed by atoms with Crippen molar-refractivity contribution < 1.29 is 14.4 Å². The Hall–Kier alpha value is -3.15. The molecule has 1 saturated carbocycles. The van der Waals surface area contributed by atoms with Crippen LogP contribution >= 0.6 is 0 Å². The molecule has 0 heterocycles. The molecule has 0 atom stereocenters. The molecule has 2 aromatic rings. The number of ketones is 1. The number of hydrogen-bond donors (Lipinski definition) is 3. The van der Waals surface area contributed by atoms with Crippen LogP contribution in [0.4, 0.5) is 16.2 Å². The minimum Gasteiger partial charge on any atom is -0.349 e. The molecule has 0 aromatic heterocycles. The summed E-state index contributed by atoms with van der Waals surface area (Å²) in [5.74, 6) is -0.143. The van der Waals surface area contributed by atoms with Crippen LogP contribution in [0.3, 0.4) is 0 Å². The molecule has 0 bridgehead atoms. The van der Waals surface area contributed by atoms with E-state index < -0.39 is 6.03 Å². The Morgan fingerprint density at radius 1 is 0.821 bits per heavy atom. The molecule has 0 aliphatic heterocycles. The van der Waals surface area contributed by atoms with Crippen molar-refractivity contribution in [2.24, 2.45) is 0 Å². The van der Waals surface area contributed by atoms with Gasteiger partial charge in [0, 0.05) is 28.5 Å². The van der Waals surface area contributed by atoms with E-state index in [0.717, 1.165) is 25.7 Å². The lowest BCUT2D eigenvalue weighted by atomic mass is 9.95. The summed E-state index contributed by atoms with van der Waals surface area (Å²) in [5, 5.41) is 8.49. The van der Waals surface area contributed by atoms with Crippen LogP contribution in [0.2, 0.25) is 0 Å². The molecule has 0 radical (unpaired) electrons. The summed E-state index contributed by atoms with van der Waals surface area (Å²) in [5.41, 5.74) is 2.22. The third kappa shape index (κ3) is 5.42. The van der Waals surface area contributed by atoms with E-state index in [9.17, 15) is 14.4 Å². The fraction of sp³-hybridized carbons (Fsp3) is 0.318. The maximum Gasteiger partial charge on any atom is 0.323 e. The number of rotatable bonds is 5. The van der Waals surface area contributed by atoms with Gasteiger partial charge in [0.1, 0.15) is 0 Å². The average Bonchev–Trinajstić information content (AvgIpc) is 2.69. The predicted molar refractivity (Wildman–Crippen MR) is 110 cm³/mol. The number of urea groups is 1. The molecule has 0 spiro atoms. The highest BCUT2D eigenvalue weighted by Crippen LogP contribution is 2.18. The largest absolute Gasteiger partial charge is 0.349 e. The number of Topliss-reactive ketones (excluding diaryl/α,β-unsaturated/α-hetero) is 1. The van der Waals surface area contributed by atoms with Crippen molar-refractivity contribution >= 4 is 29.1 Å². The number of anilines is 2. The zero-order chi connectivity index (χ0) is 19.9. The standard InChI is InChI=1S/C22H25N3O3/c1-15(26)17-6-5-9-20(14-17)25-22(28)24-19-12-10-16(11-13-19)21(27)23-18-7-3-2-4-8-18/h5-6,9-14,18H,2-4,7-8H2,1H3,(H,23,27)(H2,24,25,28). The number of hydrogen-bond acceptors (Lipinski definition) is 3. The molecule has 1 aliphatic carbocycles. The maximum atomic E-state index is 12.3. The van der Waals surface area contributed by atoms with Crippen LogP contribution < -0.4 is 16.0 Å². The van der Waals surface area contributed by atoms with Crippen molar-refractivity contribution in [3.8, 4) is 0 Å². The van der Waals surface area contributed by atoms with E-state index in [4.69, 9.17) is 0 Å². The number of benzene rings is 2. The molecule has 6 nitrogen and oxygen atoms in total. The van der Waals surface area contributed by atoms with E-state index in [2.05, 4.69) is 16.0 Å². The van der Waals surface area contributed by atoms with E-state index in [1.807, 2.05) is 0 Å². The van der Waals surface area contributed by atoms with E-state index in [1.165, 1.54) is 13.3 Å².